The summed E-state index contributed by atoms with van der Waals surface area (Å²) in [6.45, 7) is 0. The van der Waals surface area contributed by atoms with Crippen molar-refractivity contribution in [1.82, 2.24) is 5.10 Å². The summed E-state index contributed by atoms with van der Waals surface area (Å²) in [6, 6.07) is 8.05. The molecule has 0 amide bonds. The van der Waals surface area contributed by atoms with Crippen molar-refractivity contribution in [3.8, 4) is 11.1 Å². The van der Waals surface area contributed by atoms with E-state index in [1.54, 1.807) is 24.5 Å². The van der Waals surface area contributed by atoms with Gasteiger partial charge in [-0.25, -0.2) is 4.39 Å². The molecule has 1 aromatic heterocycles. The largest absolute Gasteiger partial charge is 0.230 e. The Morgan fingerprint density at radius 1 is 1.07 bits per heavy atom. The minimum Gasteiger partial charge on any atom is -0.207 e. The Labute approximate surface area is 80.6 Å². The molecule has 0 unspecified atom stereocenters. The number of nitrogen functional groups attached to an aromatic ring is 1. The van der Waals surface area contributed by atoms with E-state index in [-0.39, 0.29) is 5.82 Å². The molecule has 0 saturated carbocycles. The second kappa shape index (κ2) is 3.41. The monoisotopic (exact) mass is 190 g/mol. The number of aromatic nitrogens is 2. The van der Waals surface area contributed by atoms with E-state index in [2.05, 4.69) is 5.10 Å². The normalized spacial score (nSPS) is 10.1. The standard InChI is InChI=1S/C10H9FN3/c11-10-3-1-8(2-4-10)9-5-6-14(12)13-7-9/h1-7H,(H2,12,13)/q+1. The van der Waals surface area contributed by atoms with E-state index < -0.39 is 0 Å². The van der Waals surface area contributed by atoms with E-state index in [0.717, 1.165) is 11.1 Å². The molecule has 0 bridgehead atoms. The number of hydrogen-bond acceptors (Lipinski definition) is 2. The molecule has 1 aromatic carbocycles. The van der Waals surface area contributed by atoms with Crippen molar-refractivity contribution < 1.29 is 9.18 Å². The number of hydrogen-bond donors (Lipinski definition) is 1. The maximum Gasteiger partial charge on any atom is 0.230 e. The minimum absolute atomic E-state index is 0.244. The summed E-state index contributed by atoms with van der Waals surface area (Å²) < 4.78 is 12.6. The maximum absolute atomic E-state index is 12.6. The fourth-order valence-electron chi connectivity index (χ4n) is 1.18. The van der Waals surface area contributed by atoms with Crippen LogP contribution in [0.1, 0.15) is 0 Å². The van der Waals surface area contributed by atoms with Gasteiger partial charge in [0.25, 0.3) is 0 Å². The number of nitrogens with zero attached hydrogens (tertiary/aromatic N) is 2. The molecule has 0 aliphatic carbocycles. The fourth-order valence-corrected chi connectivity index (χ4v) is 1.18. The van der Waals surface area contributed by atoms with Crippen molar-refractivity contribution in [2.24, 2.45) is 0 Å². The zero-order chi connectivity index (χ0) is 9.97. The number of nitrogens with two attached hydrogens (primary N) is 1. The molecular formula is C10H9FN3+. The summed E-state index contributed by atoms with van der Waals surface area (Å²) in [5.74, 6) is 5.13. The van der Waals surface area contributed by atoms with Crippen molar-refractivity contribution in [3.05, 3.63) is 48.5 Å². The van der Waals surface area contributed by atoms with Crippen LogP contribution in [0, 0.1) is 5.82 Å². The molecule has 0 fully saturated rings. The van der Waals surface area contributed by atoms with Crippen molar-refractivity contribution in [2.75, 3.05) is 5.84 Å². The summed E-state index contributed by atoms with van der Waals surface area (Å²) >= 11 is 0. The van der Waals surface area contributed by atoms with Gasteiger partial charge in [0.1, 0.15) is 12.0 Å². The van der Waals surface area contributed by atoms with Gasteiger partial charge in [0.15, 0.2) is 0 Å². The molecule has 0 atom stereocenters. The van der Waals surface area contributed by atoms with Crippen LogP contribution in [0.4, 0.5) is 4.39 Å². The second-order valence-electron chi connectivity index (χ2n) is 2.90. The molecular weight excluding hydrogens is 181 g/mol. The predicted molar refractivity (Wildman–Crippen MR) is 50.0 cm³/mol. The van der Waals surface area contributed by atoms with E-state index in [0.29, 0.717) is 0 Å². The lowest BCUT2D eigenvalue weighted by Crippen LogP contribution is -2.47. The lowest BCUT2D eigenvalue weighted by molar-refractivity contribution is -0.700. The van der Waals surface area contributed by atoms with Gasteiger partial charge in [0.05, 0.1) is 0 Å². The average molecular weight is 190 g/mol. The second-order valence-corrected chi connectivity index (χ2v) is 2.90. The highest BCUT2D eigenvalue weighted by molar-refractivity contribution is 5.61. The van der Waals surface area contributed by atoms with Gasteiger partial charge in [-0.1, -0.05) is 12.1 Å². The molecule has 14 heavy (non-hydrogen) atoms. The van der Waals surface area contributed by atoms with Gasteiger partial charge in [-0.05, 0) is 17.7 Å². The third kappa shape index (κ3) is 1.69. The van der Waals surface area contributed by atoms with Crippen LogP contribution >= 0.6 is 0 Å². The molecule has 1 heterocycles. The van der Waals surface area contributed by atoms with Crippen molar-refractivity contribution in [3.63, 3.8) is 0 Å². The molecule has 0 saturated heterocycles. The van der Waals surface area contributed by atoms with Gasteiger partial charge in [0.2, 0.25) is 6.20 Å². The lowest BCUT2D eigenvalue weighted by Gasteiger charge is -1.97. The quantitative estimate of drug-likeness (QED) is 0.536. The molecule has 2 aromatic rings. The van der Waals surface area contributed by atoms with Crippen molar-refractivity contribution in [2.45, 2.75) is 0 Å². The van der Waals surface area contributed by atoms with Gasteiger partial charge in [0, 0.05) is 21.5 Å². The van der Waals surface area contributed by atoms with Crippen LogP contribution in [-0.2, 0) is 0 Å². The van der Waals surface area contributed by atoms with E-state index in [4.69, 9.17) is 5.84 Å². The first-order valence-electron chi connectivity index (χ1n) is 4.15. The van der Waals surface area contributed by atoms with E-state index in [1.165, 1.54) is 16.9 Å². The third-order valence-electron chi connectivity index (χ3n) is 1.91. The smallest absolute Gasteiger partial charge is 0.207 e. The highest BCUT2D eigenvalue weighted by Gasteiger charge is 2.01. The highest BCUT2D eigenvalue weighted by atomic mass is 19.1. The van der Waals surface area contributed by atoms with E-state index in [9.17, 15) is 4.39 Å². The molecule has 2 N–H and O–H groups in total. The SMILES string of the molecule is N[n+]1ccc(-c2ccc(F)cc2)cn1. The average Bonchev–Trinajstić information content (AvgIpc) is 2.21. The minimum atomic E-state index is -0.244. The molecule has 70 valence electrons. The molecule has 0 aliphatic heterocycles. The Kier molecular flexibility index (Phi) is 2.10. The molecule has 0 aliphatic rings. The Hall–Kier alpha value is -1.97. The zero-order valence-electron chi connectivity index (χ0n) is 7.39. The molecule has 2 rings (SSSR count). The van der Waals surface area contributed by atoms with E-state index in [1.807, 2.05) is 6.07 Å². The summed E-state index contributed by atoms with van der Waals surface area (Å²) in [7, 11) is 0. The highest BCUT2D eigenvalue weighted by Crippen LogP contribution is 2.16. The fraction of sp³-hybridized carbons (Fsp3) is 0. The number of rotatable bonds is 1. The van der Waals surface area contributed by atoms with Gasteiger partial charge in [-0.3, -0.25) is 0 Å². The first kappa shape index (κ1) is 8.62. The van der Waals surface area contributed by atoms with Crippen LogP contribution in [0.2, 0.25) is 0 Å². The van der Waals surface area contributed by atoms with Gasteiger partial charge >= 0.3 is 0 Å². The zero-order valence-corrected chi connectivity index (χ0v) is 7.39. The Morgan fingerprint density at radius 2 is 1.79 bits per heavy atom. The summed E-state index contributed by atoms with van der Waals surface area (Å²) in [6.07, 6.45) is 3.27. The molecule has 3 nitrogen and oxygen atoms in total. The first-order valence-corrected chi connectivity index (χ1v) is 4.15. The molecule has 0 radical (unpaired) electrons. The summed E-state index contributed by atoms with van der Waals surface area (Å²) in [5, 5.41) is 3.88. The Balaban J connectivity index is 2.40. The third-order valence-corrected chi connectivity index (χ3v) is 1.91. The Bertz CT molecular complexity index is 379. The van der Waals surface area contributed by atoms with Crippen molar-refractivity contribution >= 4 is 0 Å². The topological polar surface area (TPSA) is 42.8 Å². The number of halogens is 1. The lowest BCUT2D eigenvalue weighted by atomic mass is 10.1. The van der Waals surface area contributed by atoms with Crippen molar-refractivity contribution in [1.29, 1.82) is 0 Å². The van der Waals surface area contributed by atoms with Crippen LogP contribution < -0.4 is 10.6 Å². The maximum atomic E-state index is 12.6. The van der Waals surface area contributed by atoms with Gasteiger partial charge in [-0.15, -0.1) is 0 Å². The predicted octanol–water partition coefficient (Wildman–Crippen LogP) is 0.889. The van der Waals surface area contributed by atoms with Gasteiger partial charge < -0.3 is 0 Å². The summed E-state index contributed by atoms with van der Waals surface area (Å²) in [5.41, 5.74) is 1.83. The Morgan fingerprint density at radius 3 is 2.36 bits per heavy atom. The number of benzene rings is 1. The first-order chi connectivity index (χ1) is 6.75. The van der Waals surface area contributed by atoms with Gasteiger partial charge in [-0.2, -0.15) is 5.84 Å². The van der Waals surface area contributed by atoms with Crippen LogP contribution in [0.5, 0.6) is 0 Å². The van der Waals surface area contributed by atoms with Crippen LogP contribution in [0.15, 0.2) is 42.7 Å². The molecule has 0 spiro atoms. The summed E-state index contributed by atoms with van der Waals surface area (Å²) in [4.78, 5) is 1.22. The van der Waals surface area contributed by atoms with Crippen LogP contribution in [-0.4, -0.2) is 5.10 Å². The molecule has 4 heteroatoms. The van der Waals surface area contributed by atoms with E-state index >= 15 is 0 Å². The van der Waals surface area contributed by atoms with Crippen LogP contribution in [0.25, 0.3) is 11.1 Å². The van der Waals surface area contributed by atoms with Crippen LogP contribution in [0.3, 0.4) is 0 Å².